The number of hydrogen-bond acceptors (Lipinski definition) is 3. The van der Waals surface area contributed by atoms with E-state index in [1.807, 2.05) is 6.92 Å². The number of carbonyl (C=O) groups excluding carboxylic acids is 2. The van der Waals surface area contributed by atoms with Crippen molar-refractivity contribution in [2.45, 2.75) is 39.3 Å². The lowest BCUT2D eigenvalue weighted by Crippen LogP contribution is -2.39. The molecule has 0 unspecified atom stereocenters. The van der Waals surface area contributed by atoms with Crippen LogP contribution in [-0.4, -0.2) is 40.5 Å². The van der Waals surface area contributed by atoms with E-state index < -0.39 is 0 Å². The number of amides is 1. The van der Waals surface area contributed by atoms with Crippen molar-refractivity contribution in [3.8, 4) is 0 Å². The number of hydrogen-bond donors (Lipinski definition) is 0. The molecule has 1 aliphatic rings. The largest absolute Gasteiger partial charge is 0.465 e. The summed E-state index contributed by atoms with van der Waals surface area (Å²) < 4.78 is 6.73. The van der Waals surface area contributed by atoms with E-state index in [0.717, 1.165) is 12.8 Å². The summed E-state index contributed by atoms with van der Waals surface area (Å²) in [6.07, 6.45) is 3.60. The number of carbonyl (C=O) groups is 2. The van der Waals surface area contributed by atoms with E-state index in [-0.39, 0.29) is 24.5 Å². The molecule has 5 nitrogen and oxygen atoms in total. The van der Waals surface area contributed by atoms with Gasteiger partial charge in [0.1, 0.15) is 12.2 Å². The molecule has 2 rings (SSSR count). The summed E-state index contributed by atoms with van der Waals surface area (Å²) in [6, 6.07) is 1.79. The van der Waals surface area contributed by atoms with Crippen LogP contribution in [0.4, 0.5) is 0 Å². The summed E-state index contributed by atoms with van der Waals surface area (Å²) in [7, 11) is 0. The number of rotatable bonds is 6. The molecule has 0 aromatic carbocycles. The van der Waals surface area contributed by atoms with Crippen LogP contribution in [0.3, 0.4) is 0 Å². The minimum absolute atomic E-state index is 0.00382. The molecular formula is C14H19ClN2O3. The average Bonchev–Trinajstić information content (AvgIpc) is 3.18. The smallest absolute Gasteiger partial charge is 0.325 e. The molecule has 0 bridgehead atoms. The van der Waals surface area contributed by atoms with E-state index >= 15 is 0 Å². The second-order valence-corrected chi connectivity index (χ2v) is 5.24. The molecular weight excluding hydrogens is 280 g/mol. The zero-order valence-electron chi connectivity index (χ0n) is 11.8. The Morgan fingerprint density at radius 3 is 2.70 bits per heavy atom. The monoisotopic (exact) mass is 298 g/mol. The van der Waals surface area contributed by atoms with E-state index in [1.165, 1.54) is 0 Å². The zero-order valence-corrected chi connectivity index (χ0v) is 12.5. The Hall–Kier alpha value is -1.49. The standard InChI is InChI=1S/C14H19ClN2O3/c1-3-16-8-10(15)7-12(16)14(19)17(11-5-6-11)9-13(18)20-4-2/h7-8,11H,3-6,9H2,1-2H3. The maximum Gasteiger partial charge on any atom is 0.325 e. The van der Waals surface area contributed by atoms with Crippen molar-refractivity contribution < 1.29 is 14.3 Å². The van der Waals surface area contributed by atoms with E-state index in [2.05, 4.69) is 0 Å². The Balaban J connectivity index is 2.16. The first kappa shape index (κ1) is 14.9. The number of halogens is 1. The summed E-state index contributed by atoms with van der Waals surface area (Å²) in [5, 5.41) is 0.530. The first-order valence-corrected chi connectivity index (χ1v) is 7.26. The van der Waals surface area contributed by atoms with Crippen molar-refractivity contribution in [2.75, 3.05) is 13.2 Å². The van der Waals surface area contributed by atoms with Crippen LogP contribution < -0.4 is 0 Å². The second kappa shape index (κ2) is 6.31. The van der Waals surface area contributed by atoms with Gasteiger partial charge in [-0.05, 0) is 32.8 Å². The van der Waals surface area contributed by atoms with Gasteiger partial charge in [0, 0.05) is 18.8 Å². The molecule has 1 heterocycles. The van der Waals surface area contributed by atoms with E-state index in [9.17, 15) is 9.59 Å². The lowest BCUT2D eigenvalue weighted by Gasteiger charge is -2.21. The number of ether oxygens (including phenoxy) is 1. The number of aryl methyl sites for hydroxylation is 1. The van der Waals surface area contributed by atoms with Gasteiger partial charge in [0.15, 0.2) is 0 Å². The predicted molar refractivity (Wildman–Crippen MR) is 75.8 cm³/mol. The van der Waals surface area contributed by atoms with Crippen LogP contribution in [0.5, 0.6) is 0 Å². The van der Waals surface area contributed by atoms with Crippen molar-refractivity contribution in [2.24, 2.45) is 0 Å². The Morgan fingerprint density at radius 1 is 1.45 bits per heavy atom. The minimum Gasteiger partial charge on any atom is -0.465 e. The highest BCUT2D eigenvalue weighted by Crippen LogP contribution is 2.29. The van der Waals surface area contributed by atoms with Gasteiger partial charge in [-0.3, -0.25) is 9.59 Å². The molecule has 1 saturated carbocycles. The van der Waals surface area contributed by atoms with Crippen LogP contribution in [0, 0.1) is 0 Å². The molecule has 0 atom stereocenters. The predicted octanol–water partition coefficient (Wildman–Crippen LogP) is 2.33. The summed E-state index contributed by atoms with van der Waals surface area (Å²) in [5.41, 5.74) is 0.522. The highest BCUT2D eigenvalue weighted by Gasteiger charge is 2.35. The molecule has 0 saturated heterocycles. The highest BCUT2D eigenvalue weighted by atomic mass is 35.5. The Morgan fingerprint density at radius 2 is 2.15 bits per heavy atom. The number of nitrogens with zero attached hydrogens (tertiary/aromatic N) is 2. The van der Waals surface area contributed by atoms with Gasteiger partial charge in [0.05, 0.1) is 11.6 Å². The SMILES string of the molecule is CCOC(=O)CN(C(=O)c1cc(Cl)cn1CC)C1CC1. The van der Waals surface area contributed by atoms with Gasteiger partial charge in [-0.15, -0.1) is 0 Å². The maximum absolute atomic E-state index is 12.6. The first-order valence-electron chi connectivity index (χ1n) is 6.89. The van der Waals surface area contributed by atoms with Gasteiger partial charge < -0.3 is 14.2 Å². The van der Waals surface area contributed by atoms with Gasteiger partial charge >= 0.3 is 5.97 Å². The lowest BCUT2D eigenvalue weighted by atomic mass is 10.3. The van der Waals surface area contributed by atoms with Gasteiger partial charge in [0.25, 0.3) is 5.91 Å². The van der Waals surface area contributed by atoms with Crippen LogP contribution in [0.2, 0.25) is 5.02 Å². The van der Waals surface area contributed by atoms with Crippen molar-refractivity contribution in [1.82, 2.24) is 9.47 Å². The Kier molecular flexibility index (Phi) is 4.70. The van der Waals surface area contributed by atoms with Crippen LogP contribution in [0.25, 0.3) is 0 Å². The summed E-state index contributed by atoms with van der Waals surface area (Å²) in [4.78, 5) is 25.8. The van der Waals surface area contributed by atoms with Crippen LogP contribution >= 0.6 is 11.6 Å². The van der Waals surface area contributed by atoms with E-state index in [0.29, 0.717) is 23.9 Å². The van der Waals surface area contributed by atoms with Gasteiger partial charge in [-0.2, -0.15) is 0 Å². The van der Waals surface area contributed by atoms with Gasteiger partial charge in [-0.1, -0.05) is 11.6 Å². The van der Waals surface area contributed by atoms with Crippen molar-refractivity contribution in [3.63, 3.8) is 0 Å². The highest BCUT2D eigenvalue weighted by molar-refractivity contribution is 6.31. The Bertz CT molecular complexity index is 509. The molecule has 20 heavy (non-hydrogen) atoms. The van der Waals surface area contributed by atoms with E-state index in [4.69, 9.17) is 16.3 Å². The Labute approximate surface area is 123 Å². The molecule has 6 heteroatoms. The topological polar surface area (TPSA) is 51.5 Å². The fourth-order valence-electron chi connectivity index (χ4n) is 2.16. The first-order chi connectivity index (χ1) is 9.56. The van der Waals surface area contributed by atoms with Crippen molar-refractivity contribution in [1.29, 1.82) is 0 Å². The van der Waals surface area contributed by atoms with Crippen LogP contribution in [0.15, 0.2) is 12.3 Å². The van der Waals surface area contributed by atoms with Crippen LogP contribution in [0.1, 0.15) is 37.2 Å². The number of aromatic nitrogens is 1. The molecule has 0 N–H and O–H groups in total. The number of esters is 1. The van der Waals surface area contributed by atoms with Gasteiger partial charge in [-0.25, -0.2) is 0 Å². The third kappa shape index (κ3) is 3.33. The zero-order chi connectivity index (χ0) is 14.7. The molecule has 0 spiro atoms. The average molecular weight is 299 g/mol. The molecule has 1 aliphatic carbocycles. The van der Waals surface area contributed by atoms with Gasteiger partial charge in [0.2, 0.25) is 0 Å². The van der Waals surface area contributed by atoms with Crippen molar-refractivity contribution in [3.05, 3.63) is 23.0 Å². The minimum atomic E-state index is -0.367. The summed E-state index contributed by atoms with van der Waals surface area (Å²) in [5.74, 6) is -0.525. The normalized spacial score (nSPS) is 14.2. The molecule has 0 aliphatic heterocycles. The summed E-state index contributed by atoms with van der Waals surface area (Å²) >= 11 is 5.96. The molecule has 1 aromatic rings. The van der Waals surface area contributed by atoms with E-state index in [1.54, 1.807) is 28.7 Å². The molecule has 0 radical (unpaired) electrons. The fourth-order valence-corrected chi connectivity index (χ4v) is 2.38. The third-order valence-corrected chi connectivity index (χ3v) is 3.48. The summed E-state index contributed by atoms with van der Waals surface area (Å²) in [6.45, 7) is 4.68. The maximum atomic E-state index is 12.6. The molecule has 1 fully saturated rings. The quantitative estimate of drug-likeness (QED) is 0.757. The third-order valence-electron chi connectivity index (χ3n) is 3.28. The molecule has 1 aromatic heterocycles. The molecule has 1 amide bonds. The molecule has 110 valence electrons. The van der Waals surface area contributed by atoms with Crippen molar-refractivity contribution >= 4 is 23.5 Å². The fraction of sp³-hybridized carbons (Fsp3) is 0.571. The lowest BCUT2D eigenvalue weighted by molar-refractivity contribution is -0.144. The van der Waals surface area contributed by atoms with Crippen LogP contribution in [-0.2, 0) is 16.1 Å². The second-order valence-electron chi connectivity index (χ2n) is 4.80.